The van der Waals surface area contributed by atoms with Crippen molar-refractivity contribution in [3.8, 4) is 0 Å². The summed E-state index contributed by atoms with van der Waals surface area (Å²) in [5, 5.41) is 2.82. The van der Waals surface area contributed by atoms with Crippen LogP contribution < -0.4 is 11.1 Å². The summed E-state index contributed by atoms with van der Waals surface area (Å²) in [4.78, 5) is 11.3. The van der Waals surface area contributed by atoms with E-state index < -0.39 is 0 Å². The molecule has 1 amide bonds. The maximum absolute atomic E-state index is 11.3. The van der Waals surface area contributed by atoms with Gasteiger partial charge in [-0.1, -0.05) is 13.3 Å². The van der Waals surface area contributed by atoms with Crippen molar-refractivity contribution in [3.05, 3.63) is 0 Å². The molecule has 0 aromatic heterocycles. The minimum absolute atomic E-state index is 0.0320. The van der Waals surface area contributed by atoms with E-state index in [-0.39, 0.29) is 12.0 Å². The van der Waals surface area contributed by atoms with Crippen LogP contribution in [0.4, 0.5) is 0 Å². The van der Waals surface area contributed by atoms with Crippen molar-refractivity contribution < 1.29 is 9.53 Å². The number of ether oxygens (including phenoxy) is 1. The van der Waals surface area contributed by atoms with Gasteiger partial charge in [0.05, 0.1) is 0 Å². The van der Waals surface area contributed by atoms with Crippen molar-refractivity contribution in [1.82, 2.24) is 5.32 Å². The van der Waals surface area contributed by atoms with Crippen LogP contribution in [0.25, 0.3) is 0 Å². The molecule has 0 radical (unpaired) electrons. The van der Waals surface area contributed by atoms with Crippen molar-refractivity contribution in [3.63, 3.8) is 0 Å². The van der Waals surface area contributed by atoms with Crippen molar-refractivity contribution in [2.45, 2.75) is 39.2 Å². The van der Waals surface area contributed by atoms with Crippen molar-refractivity contribution in [2.24, 2.45) is 5.73 Å². The van der Waals surface area contributed by atoms with Crippen LogP contribution in [0.5, 0.6) is 0 Å². The van der Waals surface area contributed by atoms with E-state index in [0.717, 1.165) is 25.8 Å². The number of amides is 1. The summed E-state index contributed by atoms with van der Waals surface area (Å²) in [6.07, 6.45) is 2.54. The standard InChI is InChI=1S/C10H22N2O2/c1-3-4-7-12-10(13)9(2)14-8-5-6-11/h9H,3-8,11H2,1-2H3,(H,12,13). The van der Waals surface area contributed by atoms with Crippen LogP contribution in [-0.4, -0.2) is 31.7 Å². The Kier molecular flexibility index (Phi) is 8.57. The lowest BCUT2D eigenvalue weighted by molar-refractivity contribution is -0.131. The summed E-state index contributed by atoms with van der Waals surface area (Å²) in [7, 11) is 0. The molecule has 0 aliphatic heterocycles. The number of carbonyl (C=O) groups is 1. The van der Waals surface area contributed by atoms with Crippen LogP contribution in [0.2, 0.25) is 0 Å². The van der Waals surface area contributed by atoms with E-state index in [9.17, 15) is 4.79 Å². The molecular weight excluding hydrogens is 180 g/mol. The van der Waals surface area contributed by atoms with Crippen LogP contribution in [0.1, 0.15) is 33.1 Å². The molecule has 0 bridgehead atoms. The van der Waals surface area contributed by atoms with Gasteiger partial charge in [-0.05, 0) is 26.3 Å². The first-order valence-corrected chi connectivity index (χ1v) is 5.31. The zero-order chi connectivity index (χ0) is 10.8. The van der Waals surface area contributed by atoms with Gasteiger partial charge in [-0.3, -0.25) is 4.79 Å². The largest absolute Gasteiger partial charge is 0.369 e. The van der Waals surface area contributed by atoms with Crippen LogP contribution in [0.15, 0.2) is 0 Å². The number of nitrogens with one attached hydrogen (secondary N) is 1. The molecule has 0 rings (SSSR count). The Balaban J connectivity index is 3.44. The van der Waals surface area contributed by atoms with Crippen LogP contribution in [-0.2, 0) is 9.53 Å². The highest BCUT2D eigenvalue weighted by atomic mass is 16.5. The number of hydrogen-bond acceptors (Lipinski definition) is 3. The number of rotatable bonds is 8. The maximum atomic E-state index is 11.3. The quantitative estimate of drug-likeness (QED) is 0.568. The summed E-state index contributed by atoms with van der Waals surface area (Å²) in [6.45, 7) is 5.74. The van der Waals surface area contributed by atoms with Gasteiger partial charge in [-0.15, -0.1) is 0 Å². The summed E-state index contributed by atoms with van der Waals surface area (Å²) in [5.41, 5.74) is 5.31. The molecule has 14 heavy (non-hydrogen) atoms. The lowest BCUT2D eigenvalue weighted by Crippen LogP contribution is -2.35. The molecular formula is C10H22N2O2. The predicted molar refractivity (Wildman–Crippen MR) is 57.0 cm³/mol. The van der Waals surface area contributed by atoms with Gasteiger partial charge in [-0.2, -0.15) is 0 Å². The van der Waals surface area contributed by atoms with Crippen molar-refractivity contribution >= 4 is 5.91 Å². The Hall–Kier alpha value is -0.610. The molecule has 0 saturated carbocycles. The topological polar surface area (TPSA) is 64.3 Å². The Morgan fingerprint density at radius 3 is 2.79 bits per heavy atom. The molecule has 0 fully saturated rings. The van der Waals surface area contributed by atoms with Gasteiger partial charge in [0.1, 0.15) is 6.10 Å². The highest BCUT2D eigenvalue weighted by Crippen LogP contribution is 1.93. The number of carbonyl (C=O) groups excluding carboxylic acids is 1. The third-order valence-electron chi connectivity index (χ3n) is 1.92. The third-order valence-corrected chi connectivity index (χ3v) is 1.92. The molecule has 0 aliphatic carbocycles. The van der Waals surface area contributed by atoms with Crippen LogP contribution in [0, 0.1) is 0 Å². The van der Waals surface area contributed by atoms with E-state index in [0.29, 0.717) is 13.2 Å². The van der Waals surface area contributed by atoms with E-state index in [1.54, 1.807) is 6.92 Å². The van der Waals surface area contributed by atoms with Gasteiger partial charge in [0.2, 0.25) is 5.91 Å². The van der Waals surface area contributed by atoms with E-state index in [2.05, 4.69) is 12.2 Å². The zero-order valence-electron chi connectivity index (χ0n) is 9.21. The molecule has 0 aromatic rings. The first kappa shape index (κ1) is 13.4. The van der Waals surface area contributed by atoms with E-state index in [1.807, 2.05) is 0 Å². The Morgan fingerprint density at radius 2 is 2.21 bits per heavy atom. The van der Waals surface area contributed by atoms with Gasteiger partial charge in [0.15, 0.2) is 0 Å². The first-order valence-electron chi connectivity index (χ1n) is 5.31. The molecule has 4 nitrogen and oxygen atoms in total. The highest BCUT2D eigenvalue weighted by molar-refractivity contribution is 5.80. The number of unbranched alkanes of at least 4 members (excludes halogenated alkanes) is 1. The number of hydrogen-bond donors (Lipinski definition) is 2. The molecule has 1 unspecified atom stereocenters. The van der Waals surface area contributed by atoms with Gasteiger partial charge >= 0.3 is 0 Å². The molecule has 0 aromatic carbocycles. The van der Waals surface area contributed by atoms with Crippen molar-refractivity contribution in [1.29, 1.82) is 0 Å². The SMILES string of the molecule is CCCCNC(=O)C(C)OCCCN. The minimum atomic E-state index is -0.363. The van der Waals surface area contributed by atoms with Crippen LogP contribution in [0.3, 0.4) is 0 Å². The molecule has 0 saturated heterocycles. The normalized spacial score (nSPS) is 12.5. The van der Waals surface area contributed by atoms with Gasteiger partial charge in [-0.25, -0.2) is 0 Å². The van der Waals surface area contributed by atoms with E-state index in [1.165, 1.54) is 0 Å². The fraction of sp³-hybridized carbons (Fsp3) is 0.900. The summed E-state index contributed by atoms with van der Waals surface area (Å²) in [5.74, 6) is -0.0320. The minimum Gasteiger partial charge on any atom is -0.369 e. The lowest BCUT2D eigenvalue weighted by Gasteiger charge is -2.12. The molecule has 3 N–H and O–H groups in total. The van der Waals surface area contributed by atoms with Gasteiger partial charge in [0.25, 0.3) is 0 Å². The lowest BCUT2D eigenvalue weighted by atomic mass is 10.3. The second-order valence-corrected chi connectivity index (χ2v) is 3.30. The monoisotopic (exact) mass is 202 g/mol. The third kappa shape index (κ3) is 6.86. The van der Waals surface area contributed by atoms with Crippen molar-refractivity contribution in [2.75, 3.05) is 19.7 Å². The second kappa shape index (κ2) is 8.97. The molecule has 0 aliphatic rings. The van der Waals surface area contributed by atoms with Crippen LogP contribution >= 0.6 is 0 Å². The molecule has 0 spiro atoms. The Labute approximate surface area is 86.2 Å². The molecule has 84 valence electrons. The van der Waals surface area contributed by atoms with E-state index in [4.69, 9.17) is 10.5 Å². The zero-order valence-corrected chi connectivity index (χ0v) is 9.21. The Morgan fingerprint density at radius 1 is 1.50 bits per heavy atom. The second-order valence-electron chi connectivity index (χ2n) is 3.30. The molecule has 0 heterocycles. The van der Waals surface area contributed by atoms with Gasteiger partial charge < -0.3 is 15.8 Å². The summed E-state index contributed by atoms with van der Waals surface area (Å²) >= 11 is 0. The first-order chi connectivity index (χ1) is 6.72. The smallest absolute Gasteiger partial charge is 0.248 e. The number of nitrogens with two attached hydrogens (primary N) is 1. The highest BCUT2D eigenvalue weighted by Gasteiger charge is 2.11. The predicted octanol–water partition coefficient (Wildman–Crippen LogP) is 0.657. The maximum Gasteiger partial charge on any atom is 0.248 e. The molecule has 1 atom stereocenters. The summed E-state index contributed by atoms with van der Waals surface area (Å²) < 4.78 is 5.28. The average molecular weight is 202 g/mol. The fourth-order valence-corrected chi connectivity index (χ4v) is 0.951. The fourth-order valence-electron chi connectivity index (χ4n) is 0.951. The average Bonchev–Trinajstić information content (AvgIpc) is 2.18. The Bertz CT molecular complexity index is 151. The summed E-state index contributed by atoms with van der Waals surface area (Å²) in [6, 6.07) is 0. The molecule has 4 heteroatoms. The van der Waals surface area contributed by atoms with Gasteiger partial charge in [0, 0.05) is 13.2 Å². The van der Waals surface area contributed by atoms with E-state index >= 15 is 0 Å².